The van der Waals surface area contributed by atoms with E-state index in [1.807, 2.05) is 21.1 Å². The number of likely N-dealkylation sites (N-methyl/N-ethyl adjacent to an activating group) is 1. The molecule has 73 heavy (non-hydrogen) atoms. The maximum atomic E-state index is 12.8. The summed E-state index contributed by atoms with van der Waals surface area (Å²) in [5.41, 5.74) is 0. The van der Waals surface area contributed by atoms with E-state index >= 15 is 0 Å². The van der Waals surface area contributed by atoms with Gasteiger partial charge in [-0.3, -0.25) is 9.59 Å². The first-order chi connectivity index (χ1) is 35.6. The Balaban J connectivity index is 4.39. The predicted molar refractivity (Wildman–Crippen MR) is 308 cm³/mol. The molecule has 0 aromatic heterocycles. The lowest BCUT2D eigenvalue weighted by atomic mass is 10.0. The Morgan fingerprint density at radius 3 is 1.14 bits per heavy atom. The topological polar surface area (TPSA) is 108 Å². The van der Waals surface area contributed by atoms with Gasteiger partial charge in [-0.15, -0.1) is 0 Å². The summed E-state index contributed by atoms with van der Waals surface area (Å²) < 4.78 is 22.8. The molecular weight excluding hydrogens is 911 g/mol. The predicted octanol–water partition coefficient (Wildman–Crippen LogP) is 16.7. The number of hydrogen-bond donors (Lipinski definition) is 1. The summed E-state index contributed by atoms with van der Waals surface area (Å²) in [5.74, 6) is -2.11. The van der Waals surface area contributed by atoms with Crippen molar-refractivity contribution >= 4 is 17.9 Å². The number of ether oxygens (including phenoxy) is 4. The lowest BCUT2D eigenvalue weighted by Gasteiger charge is -2.25. The zero-order valence-electron chi connectivity index (χ0n) is 46.7. The lowest BCUT2D eigenvalue weighted by Crippen LogP contribution is -2.40. The highest BCUT2D eigenvalue weighted by molar-refractivity contribution is 5.71. The van der Waals surface area contributed by atoms with E-state index in [1.165, 1.54) is 64.2 Å². The summed E-state index contributed by atoms with van der Waals surface area (Å²) in [6.07, 6.45) is 73.9. The van der Waals surface area contributed by atoms with Crippen LogP contribution in [-0.2, 0) is 33.3 Å². The number of esters is 2. The third-order valence-electron chi connectivity index (χ3n) is 11.4. The fourth-order valence-corrected chi connectivity index (χ4v) is 7.11. The molecule has 0 rings (SSSR count). The molecule has 0 aliphatic rings. The van der Waals surface area contributed by atoms with Crippen LogP contribution < -0.4 is 0 Å². The van der Waals surface area contributed by atoms with Gasteiger partial charge in [0.1, 0.15) is 13.2 Å². The Hall–Kier alpha value is -4.57. The Morgan fingerprint density at radius 1 is 0.411 bits per heavy atom. The number of hydrogen-bond acceptors (Lipinski definition) is 7. The third kappa shape index (κ3) is 55.0. The van der Waals surface area contributed by atoms with E-state index in [9.17, 15) is 19.5 Å². The number of carbonyl (C=O) groups is 3. The summed E-state index contributed by atoms with van der Waals surface area (Å²) in [6.45, 7) is 4.56. The summed E-state index contributed by atoms with van der Waals surface area (Å²) in [7, 11) is 5.94. The summed E-state index contributed by atoms with van der Waals surface area (Å²) in [4.78, 5) is 37.4. The average Bonchev–Trinajstić information content (AvgIpc) is 3.36. The fourth-order valence-electron chi connectivity index (χ4n) is 7.11. The molecule has 0 spiro atoms. The molecule has 0 aliphatic heterocycles. The summed E-state index contributed by atoms with van der Waals surface area (Å²) in [5, 5.41) is 9.70. The van der Waals surface area contributed by atoms with E-state index in [0.29, 0.717) is 23.9 Å². The van der Waals surface area contributed by atoms with Crippen LogP contribution in [0.1, 0.15) is 194 Å². The van der Waals surface area contributed by atoms with Crippen molar-refractivity contribution in [3.05, 3.63) is 134 Å². The van der Waals surface area contributed by atoms with Crippen molar-refractivity contribution in [2.24, 2.45) is 0 Å². The van der Waals surface area contributed by atoms with Gasteiger partial charge in [-0.2, -0.15) is 0 Å². The first-order valence-electron chi connectivity index (χ1n) is 28.3. The van der Waals surface area contributed by atoms with Gasteiger partial charge in [-0.25, -0.2) is 4.79 Å². The molecule has 2 atom stereocenters. The normalized spacial score (nSPS) is 13.8. The molecule has 0 aliphatic carbocycles. The standard InChI is InChI=1S/C64H103NO8/c1-6-8-10-12-14-16-18-20-22-24-26-28-30-31-33-34-36-38-40-42-44-46-48-50-52-54-61(66)71-58-60(59-72-64(63(68)69)70-57-56-65(3,4)5)73-62(67)55-53-51-49-47-45-43-41-39-37-35-32-29-27-25-23-21-19-17-15-13-11-9-7-2/h8-11,14-17,20-23,26-29,35,37,41,43,47,49,60,64H,6-7,12-13,18-19,24-25,30-34,36,38-40,42,44-46,48,50-59H2,1-5H3/p+1/b10-8-,11-9-,16-14-,17-15-,22-20-,23-21-,28-26-,29-27-,37-35-,43-41-,49-47-. The van der Waals surface area contributed by atoms with Gasteiger partial charge in [0.25, 0.3) is 6.29 Å². The summed E-state index contributed by atoms with van der Waals surface area (Å²) in [6, 6.07) is 0. The van der Waals surface area contributed by atoms with E-state index in [4.69, 9.17) is 18.9 Å². The van der Waals surface area contributed by atoms with E-state index in [-0.39, 0.29) is 38.6 Å². The van der Waals surface area contributed by atoms with E-state index in [1.54, 1.807) is 0 Å². The van der Waals surface area contributed by atoms with Crippen molar-refractivity contribution in [3.63, 3.8) is 0 Å². The molecule has 9 nitrogen and oxygen atoms in total. The number of aliphatic carboxylic acids is 1. The van der Waals surface area contributed by atoms with E-state index < -0.39 is 24.3 Å². The monoisotopic (exact) mass is 1010 g/mol. The zero-order valence-corrected chi connectivity index (χ0v) is 46.7. The molecule has 0 bridgehead atoms. The molecule has 412 valence electrons. The fraction of sp³-hybridized carbons (Fsp3) is 0.609. The van der Waals surface area contributed by atoms with Crippen molar-refractivity contribution in [1.29, 1.82) is 0 Å². The first kappa shape index (κ1) is 68.4. The minimum absolute atomic E-state index is 0.169. The zero-order chi connectivity index (χ0) is 53.4. The molecule has 2 unspecified atom stereocenters. The van der Waals surface area contributed by atoms with Crippen LogP contribution in [0.4, 0.5) is 0 Å². The Kier molecular flexibility index (Phi) is 50.4. The molecule has 1 N–H and O–H groups in total. The van der Waals surface area contributed by atoms with E-state index in [0.717, 1.165) is 89.9 Å². The van der Waals surface area contributed by atoms with Crippen molar-refractivity contribution < 1.29 is 42.9 Å². The van der Waals surface area contributed by atoms with Crippen LogP contribution in [0.15, 0.2) is 134 Å². The minimum Gasteiger partial charge on any atom is -0.477 e. The Morgan fingerprint density at radius 2 is 0.753 bits per heavy atom. The van der Waals surface area contributed by atoms with Crippen molar-refractivity contribution in [2.75, 3.05) is 47.5 Å². The number of unbranched alkanes of at least 4 members (excludes halogenated alkanes) is 13. The van der Waals surface area contributed by atoms with Crippen molar-refractivity contribution in [3.8, 4) is 0 Å². The van der Waals surface area contributed by atoms with Crippen LogP contribution in [0.5, 0.6) is 0 Å². The van der Waals surface area contributed by atoms with Crippen molar-refractivity contribution in [1.82, 2.24) is 0 Å². The van der Waals surface area contributed by atoms with Gasteiger partial charge in [-0.1, -0.05) is 212 Å². The summed E-state index contributed by atoms with van der Waals surface area (Å²) >= 11 is 0. The average molecular weight is 1020 g/mol. The van der Waals surface area contributed by atoms with Gasteiger partial charge < -0.3 is 28.5 Å². The largest absolute Gasteiger partial charge is 0.477 e. The molecular formula is C64H104NO8+. The first-order valence-corrected chi connectivity index (χ1v) is 28.3. The second-order valence-electron chi connectivity index (χ2n) is 19.5. The van der Waals surface area contributed by atoms with Crippen LogP contribution in [0, 0.1) is 0 Å². The molecule has 9 heteroatoms. The van der Waals surface area contributed by atoms with Gasteiger partial charge in [0.2, 0.25) is 0 Å². The lowest BCUT2D eigenvalue weighted by molar-refractivity contribution is -0.870. The molecule has 0 aromatic rings. The minimum atomic E-state index is -1.54. The number of allylic oxidation sites excluding steroid dienone is 22. The number of rotatable bonds is 50. The molecule has 0 heterocycles. The van der Waals surface area contributed by atoms with Gasteiger partial charge in [0.05, 0.1) is 34.4 Å². The van der Waals surface area contributed by atoms with Gasteiger partial charge in [-0.05, 0) is 103 Å². The highest BCUT2D eigenvalue weighted by atomic mass is 16.7. The second kappa shape index (κ2) is 53.7. The van der Waals surface area contributed by atoms with Gasteiger partial charge in [0, 0.05) is 12.8 Å². The van der Waals surface area contributed by atoms with Gasteiger partial charge >= 0.3 is 17.9 Å². The number of carboxylic acid groups (broad SMARTS) is 1. The van der Waals surface area contributed by atoms with Crippen LogP contribution in [0.25, 0.3) is 0 Å². The number of carbonyl (C=O) groups excluding carboxylic acids is 2. The Bertz CT molecular complexity index is 1650. The maximum Gasteiger partial charge on any atom is 0.361 e. The molecule has 0 saturated heterocycles. The molecule has 0 fully saturated rings. The van der Waals surface area contributed by atoms with E-state index in [2.05, 4.69) is 148 Å². The van der Waals surface area contributed by atoms with Crippen molar-refractivity contribution in [2.45, 2.75) is 206 Å². The smallest absolute Gasteiger partial charge is 0.361 e. The van der Waals surface area contributed by atoms with Crippen LogP contribution in [-0.4, -0.2) is 87.4 Å². The molecule has 0 radical (unpaired) electrons. The Labute approximate surface area is 446 Å². The highest BCUT2D eigenvalue weighted by Crippen LogP contribution is 2.14. The number of quaternary nitrogens is 1. The van der Waals surface area contributed by atoms with Crippen LogP contribution in [0.3, 0.4) is 0 Å². The van der Waals surface area contributed by atoms with Gasteiger partial charge in [0.15, 0.2) is 6.10 Å². The molecule has 0 saturated carbocycles. The third-order valence-corrected chi connectivity index (χ3v) is 11.4. The van der Waals surface area contributed by atoms with Crippen LogP contribution >= 0.6 is 0 Å². The molecule has 0 aromatic carbocycles. The molecule has 0 amide bonds. The maximum absolute atomic E-state index is 12.8. The second-order valence-corrected chi connectivity index (χ2v) is 19.5. The highest BCUT2D eigenvalue weighted by Gasteiger charge is 2.25. The SMILES string of the molecule is CC/C=C\C/C=C\C/C=C\C/C=C\C/C=C\C/C=C\C/C=C\CCCC(=O)OC(COC(=O)CCCCCCCCCCCCCC/C=C\C/C=C\C/C=C\C/C=C\CC)COC(OCC[N+](C)(C)C)C(=O)O. The van der Waals surface area contributed by atoms with Crippen LogP contribution in [0.2, 0.25) is 0 Å². The number of carboxylic acids is 1. The quantitative estimate of drug-likeness (QED) is 0.0211. The number of nitrogens with zero attached hydrogens (tertiary/aromatic N) is 1.